The fourth-order valence-electron chi connectivity index (χ4n) is 3.03. The molecule has 1 fully saturated rings. The van der Waals surface area contributed by atoms with Gasteiger partial charge in [-0.2, -0.15) is 0 Å². The van der Waals surface area contributed by atoms with Gasteiger partial charge in [-0.1, -0.05) is 36.4 Å². The van der Waals surface area contributed by atoms with Crippen LogP contribution in [0.15, 0.2) is 42.5 Å². The lowest BCUT2D eigenvalue weighted by Crippen LogP contribution is -2.43. The summed E-state index contributed by atoms with van der Waals surface area (Å²) in [4.78, 5) is 2.56. The molecule has 1 aliphatic heterocycles. The lowest BCUT2D eigenvalue weighted by Gasteiger charge is -2.32. The normalized spacial score (nSPS) is 19.8. The maximum absolute atomic E-state index is 3.41. The maximum Gasteiger partial charge on any atom is 0.0234 e. The van der Waals surface area contributed by atoms with Crippen LogP contribution >= 0.6 is 12.4 Å². The van der Waals surface area contributed by atoms with Crippen molar-refractivity contribution in [2.45, 2.75) is 25.4 Å². The van der Waals surface area contributed by atoms with Gasteiger partial charge < -0.3 is 5.32 Å². The molecule has 1 unspecified atom stereocenters. The number of hydrogen-bond acceptors (Lipinski definition) is 2. The Kier molecular flexibility index (Phi) is 5.41. The van der Waals surface area contributed by atoms with Gasteiger partial charge in [0, 0.05) is 19.1 Å². The third-order valence-corrected chi connectivity index (χ3v) is 4.13. The topological polar surface area (TPSA) is 15.3 Å². The molecule has 0 saturated carbocycles. The van der Waals surface area contributed by atoms with Crippen molar-refractivity contribution in [2.24, 2.45) is 0 Å². The van der Waals surface area contributed by atoms with Gasteiger partial charge in [-0.25, -0.2) is 0 Å². The number of rotatable bonds is 3. The second-order valence-electron chi connectivity index (χ2n) is 5.54. The van der Waals surface area contributed by atoms with Gasteiger partial charge >= 0.3 is 0 Å². The van der Waals surface area contributed by atoms with Crippen LogP contribution in [0, 0.1) is 0 Å². The molecule has 0 aromatic heterocycles. The summed E-state index contributed by atoms with van der Waals surface area (Å²) in [5.74, 6) is 0. The maximum atomic E-state index is 3.41. The highest BCUT2D eigenvalue weighted by molar-refractivity contribution is 5.85. The third kappa shape index (κ3) is 3.51. The first-order chi connectivity index (χ1) is 9.35. The van der Waals surface area contributed by atoms with E-state index in [2.05, 4.69) is 59.7 Å². The molecule has 2 nitrogen and oxygen atoms in total. The van der Waals surface area contributed by atoms with E-state index in [0.717, 1.165) is 6.54 Å². The first kappa shape index (κ1) is 15.3. The summed E-state index contributed by atoms with van der Waals surface area (Å²) in [5.41, 5.74) is 1.43. The van der Waals surface area contributed by atoms with Gasteiger partial charge in [-0.05, 0) is 48.8 Å². The van der Waals surface area contributed by atoms with Crippen molar-refractivity contribution in [3.05, 3.63) is 48.0 Å². The zero-order valence-corrected chi connectivity index (χ0v) is 12.8. The fraction of sp³-hybridized carbons (Fsp3) is 0.412. The minimum Gasteiger partial charge on any atom is -0.316 e. The molecule has 108 valence electrons. The van der Waals surface area contributed by atoms with Gasteiger partial charge in [0.05, 0.1) is 0 Å². The first-order valence-electron chi connectivity index (χ1n) is 7.22. The van der Waals surface area contributed by atoms with E-state index in [1.165, 1.54) is 42.3 Å². The van der Waals surface area contributed by atoms with E-state index < -0.39 is 0 Å². The minimum absolute atomic E-state index is 0. The molecule has 1 aliphatic rings. The molecule has 2 aromatic carbocycles. The number of halogens is 1. The van der Waals surface area contributed by atoms with Crippen molar-refractivity contribution in [1.82, 2.24) is 10.2 Å². The molecule has 1 N–H and O–H groups in total. The summed E-state index contributed by atoms with van der Waals surface area (Å²) in [6.07, 6.45) is 2.61. The summed E-state index contributed by atoms with van der Waals surface area (Å²) in [6.45, 7) is 3.47. The number of hydrogen-bond donors (Lipinski definition) is 1. The molecule has 1 saturated heterocycles. The van der Waals surface area contributed by atoms with Crippen molar-refractivity contribution in [3.63, 3.8) is 0 Å². The molecule has 20 heavy (non-hydrogen) atoms. The van der Waals surface area contributed by atoms with E-state index >= 15 is 0 Å². The first-order valence-corrected chi connectivity index (χ1v) is 7.22. The predicted molar refractivity (Wildman–Crippen MR) is 88.6 cm³/mol. The van der Waals surface area contributed by atoms with E-state index in [1.54, 1.807) is 0 Å². The Labute approximate surface area is 127 Å². The van der Waals surface area contributed by atoms with Crippen molar-refractivity contribution in [1.29, 1.82) is 0 Å². The standard InChI is InChI=1S/C17H22N2.ClH/c1-18-17-7-4-10-19(13-17)12-14-8-9-15-5-2-3-6-16(15)11-14;/h2-3,5-6,8-9,11,17-18H,4,7,10,12-13H2,1H3;1H. The zero-order valence-electron chi connectivity index (χ0n) is 12.0. The molecular formula is C17H23ClN2. The molecule has 2 aromatic rings. The highest BCUT2D eigenvalue weighted by Gasteiger charge is 2.18. The van der Waals surface area contributed by atoms with Crippen molar-refractivity contribution >= 4 is 23.2 Å². The molecule has 0 aliphatic carbocycles. The van der Waals surface area contributed by atoms with Crippen LogP contribution in [0.5, 0.6) is 0 Å². The van der Waals surface area contributed by atoms with Crippen LogP contribution < -0.4 is 5.32 Å². The second-order valence-corrected chi connectivity index (χ2v) is 5.54. The minimum atomic E-state index is 0. The summed E-state index contributed by atoms with van der Waals surface area (Å²) >= 11 is 0. The van der Waals surface area contributed by atoms with Crippen LogP contribution in [-0.4, -0.2) is 31.1 Å². The van der Waals surface area contributed by atoms with Crippen LogP contribution in [0.25, 0.3) is 10.8 Å². The quantitative estimate of drug-likeness (QED) is 0.931. The summed E-state index contributed by atoms with van der Waals surface area (Å²) in [5, 5.41) is 6.09. The van der Waals surface area contributed by atoms with Crippen LogP contribution in [0.2, 0.25) is 0 Å². The van der Waals surface area contributed by atoms with E-state index in [-0.39, 0.29) is 12.4 Å². The van der Waals surface area contributed by atoms with Crippen LogP contribution in [-0.2, 0) is 6.54 Å². The van der Waals surface area contributed by atoms with Gasteiger partial charge in [0.15, 0.2) is 0 Å². The average Bonchev–Trinajstić information content (AvgIpc) is 2.47. The highest BCUT2D eigenvalue weighted by Crippen LogP contribution is 2.18. The molecule has 0 spiro atoms. The molecule has 3 heteroatoms. The Morgan fingerprint density at radius 2 is 1.95 bits per heavy atom. The van der Waals surface area contributed by atoms with Crippen molar-refractivity contribution in [3.8, 4) is 0 Å². The molecule has 3 rings (SSSR count). The Morgan fingerprint density at radius 3 is 2.75 bits per heavy atom. The number of fused-ring (bicyclic) bond motifs is 1. The number of likely N-dealkylation sites (N-methyl/N-ethyl adjacent to an activating group) is 1. The third-order valence-electron chi connectivity index (χ3n) is 4.13. The van der Waals surface area contributed by atoms with Gasteiger partial charge in [-0.15, -0.1) is 12.4 Å². The van der Waals surface area contributed by atoms with Crippen molar-refractivity contribution < 1.29 is 0 Å². The lowest BCUT2D eigenvalue weighted by molar-refractivity contribution is 0.188. The number of piperidine rings is 1. The predicted octanol–water partition coefficient (Wildman–Crippen LogP) is 3.45. The Morgan fingerprint density at radius 1 is 1.15 bits per heavy atom. The second kappa shape index (κ2) is 7.07. The average molecular weight is 291 g/mol. The Bertz CT molecular complexity index is 555. The number of benzene rings is 2. The van der Waals surface area contributed by atoms with Crippen LogP contribution in [0.4, 0.5) is 0 Å². The number of nitrogens with one attached hydrogen (secondary N) is 1. The summed E-state index contributed by atoms with van der Waals surface area (Å²) in [7, 11) is 2.07. The summed E-state index contributed by atoms with van der Waals surface area (Å²) in [6, 6.07) is 16.1. The molecule has 0 amide bonds. The molecular weight excluding hydrogens is 268 g/mol. The van der Waals surface area contributed by atoms with E-state index in [0.29, 0.717) is 6.04 Å². The number of nitrogens with zero attached hydrogens (tertiary/aromatic N) is 1. The zero-order chi connectivity index (χ0) is 13.1. The fourth-order valence-corrected chi connectivity index (χ4v) is 3.03. The van der Waals surface area contributed by atoms with Gasteiger partial charge in [-0.3, -0.25) is 4.90 Å². The molecule has 0 radical (unpaired) electrons. The largest absolute Gasteiger partial charge is 0.316 e. The van der Waals surface area contributed by atoms with Gasteiger partial charge in [0.25, 0.3) is 0 Å². The summed E-state index contributed by atoms with van der Waals surface area (Å²) < 4.78 is 0. The Balaban J connectivity index is 0.00000147. The van der Waals surface area contributed by atoms with Gasteiger partial charge in [0.2, 0.25) is 0 Å². The Hall–Kier alpha value is -1.09. The van der Waals surface area contributed by atoms with Crippen molar-refractivity contribution in [2.75, 3.05) is 20.1 Å². The SMILES string of the molecule is CNC1CCCN(Cc2ccc3ccccc3c2)C1.Cl. The van der Waals surface area contributed by atoms with E-state index in [4.69, 9.17) is 0 Å². The lowest BCUT2D eigenvalue weighted by atomic mass is 10.0. The monoisotopic (exact) mass is 290 g/mol. The molecule has 1 atom stereocenters. The highest BCUT2D eigenvalue weighted by atomic mass is 35.5. The van der Waals surface area contributed by atoms with Crippen LogP contribution in [0.3, 0.4) is 0 Å². The molecule has 0 bridgehead atoms. The number of likely N-dealkylation sites (tertiary alicyclic amines) is 1. The van der Waals surface area contributed by atoms with E-state index in [1.807, 2.05) is 0 Å². The van der Waals surface area contributed by atoms with E-state index in [9.17, 15) is 0 Å². The molecule has 1 heterocycles. The van der Waals surface area contributed by atoms with Gasteiger partial charge in [0.1, 0.15) is 0 Å². The van der Waals surface area contributed by atoms with Crippen LogP contribution in [0.1, 0.15) is 18.4 Å². The smallest absolute Gasteiger partial charge is 0.0234 e.